The summed E-state index contributed by atoms with van der Waals surface area (Å²) in [5.74, 6) is 0. The Bertz CT molecular complexity index is 1620. The zero-order valence-electron chi connectivity index (χ0n) is 42.8. The van der Waals surface area contributed by atoms with Gasteiger partial charge in [0, 0.05) is 0 Å². The Labute approximate surface area is 428 Å². The minimum absolute atomic E-state index is 0. The van der Waals surface area contributed by atoms with Crippen molar-refractivity contribution in [3.05, 3.63) is 128 Å². The predicted molar refractivity (Wildman–Crippen MR) is 263 cm³/mol. The van der Waals surface area contributed by atoms with Gasteiger partial charge in [0.15, 0.2) is 0 Å². The Balaban J connectivity index is -0.0000174. The normalized spacial score (nSPS) is 14.5. The molecule has 340 valence electrons. The van der Waals surface area contributed by atoms with Crippen LogP contribution in [0, 0.1) is 0 Å². The van der Waals surface area contributed by atoms with Crippen LogP contribution in [-0.2, 0) is 9.09 Å². The van der Waals surface area contributed by atoms with Crippen molar-refractivity contribution in [3.8, 4) is 0 Å². The smallest absolute Gasteiger partial charge is 0.790 e. The van der Waals surface area contributed by atoms with Gasteiger partial charge in [0.1, 0.15) is 0 Å². The third kappa shape index (κ3) is 45.8. The Morgan fingerprint density at radius 1 is 0.323 bits per heavy atom. The summed E-state index contributed by atoms with van der Waals surface area (Å²) in [5.41, 5.74) is 15.8. The fraction of sp³-hybridized carbons (Fsp3) is 0.600. The van der Waals surface area contributed by atoms with Gasteiger partial charge in [-0.05, 0) is 212 Å². The first kappa shape index (κ1) is 65.5. The maximum atomic E-state index is 10.6. The maximum Gasteiger partial charge on any atom is 1.00 e. The summed E-state index contributed by atoms with van der Waals surface area (Å²) in [4.78, 5) is 21.1. The monoisotopic (exact) mass is 891 g/mol. The molecule has 7 heteroatoms. The number of rotatable bonds is 33. The summed E-state index contributed by atoms with van der Waals surface area (Å²) in [5, 5.41) is 0. The van der Waals surface area contributed by atoms with Crippen molar-refractivity contribution in [1.29, 1.82) is 0 Å². The molecule has 0 aromatic carbocycles. The van der Waals surface area contributed by atoms with Crippen molar-refractivity contribution >= 4 is 7.82 Å². The molecule has 0 aliphatic carbocycles. The van der Waals surface area contributed by atoms with Gasteiger partial charge in [-0.15, -0.1) is 0 Å². The van der Waals surface area contributed by atoms with Crippen LogP contribution >= 0.6 is 7.82 Å². The molecule has 4 nitrogen and oxygen atoms in total. The summed E-state index contributed by atoms with van der Waals surface area (Å²) >= 11 is 0. The van der Waals surface area contributed by atoms with Gasteiger partial charge < -0.3 is 18.9 Å². The second-order valence-corrected chi connectivity index (χ2v) is 19.1. The van der Waals surface area contributed by atoms with Crippen LogP contribution in [0.15, 0.2) is 128 Å². The van der Waals surface area contributed by atoms with Crippen LogP contribution in [0.25, 0.3) is 0 Å². The van der Waals surface area contributed by atoms with E-state index in [4.69, 9.17) is 0 Å². The van der Waals surface area contributed by atoms with Gasteiger partial charge in [0.2, 0.25) is 0 Å². The molecule has 0 saturated carbocycles. The second kappa shape index (κ2) is 41.7. The number of hydrogen-bond donors (Lipinski definition) is 0. The summed E-state index contributed by atoms with van der Waals surface area (Å²) in [6, 6.07) is 0. The van der Waals surface area contributed by atoms with Crippen LogP contribution < -0.4 is 68.9 Å². The summed E-state index contributed by atoms with van der Waals surface area (Å²) in [6.45, 7) is 26.5. The van der Waals surface area contributed by atoms with E-state index in [1.54, 1.807) is 6.08 Å². The average Bonchev–Trinajstić information content (AvgIpc) is 3.14. The first-order chi connectivity index (χ1) is 28.4. The van der Waals surface area contributed by atoms with Crippen LogP contribution in [0.2, 0.25) is 0 Å². The molecule has 0 heterocycles. The van der Waals surface area contributed by atoms with Crippen LogP contribution in [0.3, 0.4) is 0 Å². The van der Waals surface area contributed by atoms with Gasteiger partial charge in [-0.2, -0.15) is 0 Å². The van der Waals surface area contributed by atoms with Crippen molar-refractivity contribution < 1.29 is 78.0 Å². The van der Waals surface area contributed by atoms with Crippen LogP contribution in [0.1, 0.15) is 212 Å². The van der Waals surface area contributed by atoms with Crippen LogP contribution in [0.4, 0.5) is 0 Å². The fourth-order valence-electron chi connectivity index (χ4n) is 6.80. The molecular formula is C55H89Na2O4P. The molecule has 0 atom stereocenters. The molecule has 0 aliphatic rings. The topological polar surface area (TPSA) is 72.4 Å². The molecule has 0 rings (SSSR count). The summed E-state index contributed by atoms with van der Waals surface area (Å²) < 4.78 is 14.8. The molecule has 62 heavy (non-hydrogen) atoms. The SMILES string of the molecule is CC(C)=CCC/C(C)=C/CC/C(C)=C/CC/C(C)=C/CC/C(C)=C/CC/C(C)=C/CC/C(C)=C/CC/C(C)=C/CC/C(C)=C/CC/C(C)=C/CC/C(C)=C/COP(=O)([O-])[O-].[Na+].[Na+]. The van der Waals surface area contributed by atoms with Gasteiger partial charge in [-0.1, -0.05) is 128 Å². The molecule has 0 radical (unpaired) electrons. The molecule has 0 amide bonds. The second-order valence-electron chi connectivity index (χ2n) is 17.9. The Morgan fingerprint density at radius 2 is 0.484 bits per heavy atom. The Kier molecular flexibility index (Phi) is 44.0. The minimum Gasteiger partial charge on any atom is -0.790 e. The molecule has 0 aliphatic heterocycles. The fourth-order valence-corrected chi connectivity index (χ4v) is 7.05. The van der Waals surface area contributed by atoms with Gasteiger partial charge in [0.05, 0.1) is 14.4 Å². The van der Waals surface area contributed by atoms with E-state index < -0.39 is 7.82 Å². The third-order valence-corrected chi connectivity index (χ3v) is 11.5. The van der Waals surface area contributed by atoms with E-state index in [1.165, 1.54) is 75.0 Å². The molecule has 0 bridgehead atoms. The Morgan fingerprint density at radius 3 is 0.645 bits per heavy atom. The number of phosphoric ester groups is 1. The zero-order valence-corrected chi connectivity index (χ0v) is 47.7. The van der Waals surface area contributed by atoms with E-state index in [0.717, 1.165) is 115 Å². The van der Waals surface area contributed by atoms with Crippen molar-refractivity contribution in [2.24, 2.45) is 0 Å². The quantitative estimate of drug-likeness (QED) is 0.0374. The van der Waals surface area contributed by atoms with Gasteiger partial charge in [0.25, 0.3) is 0 Å². The summed E-state index contributed by atoms with van der Waals surface area (Å²) in [6.07, 6.45) is 47.8. The molecule has 0 aromatic heterocycles. The molecule has 0 saturated heterocycles. The van der Waals surface area contributed by atoms with E-state index in [9.17, 15) is 14.4 Å². The Hall–Kier alpha value is -0.750. The molecule has 0 unspecified atom stereocenters. The van der Waals surface area contributed by atoms with Crippen LogP contribution in [0.5, 0.6) is 0 Å². The first-order valence-corrected chi connectivity index (χ1v) is 24.7. The van der Waals surface area contributed by atoms with Crippen molar-refractivity contribution in [1.82, 2.24) is 0 Å². The van der Waals surface area contributed by atoms with Crippen molar-refractivity contribution in [2.75, 3.05) is 6.61 Å². The predicted octanol–water partition coefficient (Wildman–Crippen LogP) is 11.1. The third-order valence-electron chi connectivity index (χ3n) is 11.0. The number of phosphoric acid groups is 1. The molecule has 0 aromatic rings. The van der Waals surface area contributed by atoms with Gasteiger partial charge in [-0.3, -0.25) is 0 Å². The van der Waals surface area contributed by atoms with Crippen LogP contribution in [-0.4, -0.2) is 6.61 Å². The van der Waals surface area contributed by atoms with Crippen molar-refractivity contribution in [3.63, 3.8) is 0 Å². The van der Waals surface area contributed by atoms with E-state index >= 15 is 0 Å². The van der Waals surface area contributed by atoms with Gasteiger partial charge >= 0.3 is 59.1 Å². The van der Waals surface area contributed by atoms with E-state index in [0.29, 0.717) is 0 Å². The number of allylic oxidation sites excluding steroid dienone is 21. The molecule has 0 spiro atoms. The molecule has 0 fully saturated rings. The minimum atomic E-state index is -4.90. The average molecular weight is 891 g/mol. The van der Waals surface area contributed by atoms with Gasteiger partial charge in [-0.25, -0.2) is 0 Å². The first-order valence-electron chi connectivity index (χ1n) is 23.2. The number of hydrogen-bond acceptors (Lipinski definition) is 4. The molecule has 0 N–H and O–H groups in total. The maximum absolute atomic E-state index is 10.6. The standard InChI is InChI=1S/C55H91O4P.2Na/c1-45(2)23-13-24-46(3)25-14-26-47(4)27-15-28-48(5)29-16-30-49(6)31-17-32-50(7)33-18-34-51(8)35-19-36-52(9)37-20-38-53(10)39-21-40-54(11)41-22-42-55(12)43-44-59-60(56,57)58;;/h23,25,27,29,31,33,35,37,39,41,43H,13-22,24,26,28,30,32,34,36,38,40,42,44H2,1-12H3,(H2,56,57,58);;/q;2*+1/p-2/b46-25+,47-27+,48-29+,49-31+,50-33+,51-35+,52-37+,53-39+,54-41+,55-43+;;. The zero-order chi connectivity index (χ0) is 45.2. The van der Waals surface area contributed by atoms with Crippen molar-refractivity contribution in [2.45, 2.75) is 212 Å². The van der Waals surface area contributed by atoms with E-state index in [2.05, 4.69) is 141 Å². The molecular weight excluding hydrogens is 802 g/mol. The largest absolute Gasteiger partial charge is 1.00 e. The van der Waals surface area contributed by atoms with E-state index in [-0.39, 0.29) is 65.7 Å². The van der Waals surface area contributed by atoms with E-state index in [1.807, 2.05) is 6.92 Å². The summed E-state index contributed by atoms with van der Waals surface area (Å²) in [7, 11) is -4.90.